The third kappa shape index (κ3) is 4.95. The van der Waals surface area contributed by atoms with Crippen molar-refractivity contribution < 1.29 is 23.0 Å². The van der Waals surface area contributed by atoms with Gasteiger partial charge in [0.25, 0.3) is 0 Å². The Morgan fingerprint density at radius 3 is 2.22 bits per heavy atom. The molecule has 0 aliphatic heterocycles. The van der Waals surface area contributed by atoms with Crippen molar-refractivity contribution in [2.24, 2.45) is 11.3 Å². The van der Waals surface area contributed by atoms with Crippen LogP contribution in [0.1, 0.15) is 43.4 Å². The molecule has 0 heterocycles. The van der Waals surface area contributed by atoms with E-state index in [0.29, 0.717) is 17.7 Å². The highest BCUT2D eigenvalue weighted by Gasteiger charge is 2.56. The Labute approximate surface area is 159 Å². The predicted molar refractivity (Wildman–Crippen MR) is 101 cm³/mol. The molecule has 5 heteroatoms. The Kier molecular flexibility index (Phi) is 6.15. The summed E-state index contributed by atoms with van der Waals surface area (Å²) in [5.74, 6) is 0.430. The molecule has 2 rings (SSSR count). The molecule has 2 atom stereocenters. The quantitative estimate of drug-likeness (QED) is 0.688. The van der Waals surface area contributed by atoms with Gasteiger partial charge in [-0.1, -0.05) is 55.3 Å². The van der Waals surface area contributed by atoms with E-state index in [-0.39, 0.29) is 5.92 Å². The van der Waals surface area contributed by atoms with Crippen LogP contribution in [0.5, 0.6) is 0 Å². The lowest BCUT2D eigenvalue weighted by atomic mass is 9.67. The minimum atomic E-state index is -4.73. The summed E-state index contributed by atoms with van der Waals surface area (Å²) in [7, 11) is 1.53. The molecule has 1 aliphatic rings. The third-order valence-corrected chi connectivity index (χ3v) is 5.34. The maximum atomic E-state index is 14.0. The van der Waals surface area contributed by atoms with Gasteiger partial charge < -0.3 is 9.84 Å². The summed E-state index contributed by atoms with van der Waals surface area (Å²) < 4.78 is 47.3. The van der Waals surface area contributed by atoms with Crippen LogP contribution < -0.4 is 0 Å². The molecule has 2 nitrogen and oxygen atoms in total. The van der Waals surface area contributed by atoms with Gasteiger partial charge in [0, 0.05) is 12.3 Å². The first-order chi connectivity index (χ1) is 12.4. The second kappa shape index (κ2) is 7.70. The van der Waals surface area contributed by atoms with Gasteiger partial charge in [-0.3, -0.25) is 0 Å². The van der Waals surface area contributed by atoms with Crippen LogP contribution in [0.2, 0.25) is 0 Å². The standard InChI is InChI=1S/C22H29F3O2/c1-15-10-16(2)12-17(11-15)13-21(26,22(23,24)25)14-20(3,4)18-8-6-7-9-19(18)27-5/h6-7,9-12,18,26H,8,13-14H2,1-5H3. The van der Waals surface area contributed by atoms with E-state index in [9.17, 15) is 18.3 Å². The molecule has 0 aromatic heterocycles. The van der Waals surface area contributed by atoms with Crippen LogP contribution in [0.25, 0.3) is 0 Å². The van der Waals surface area contributed by atoms with Crippen molar-refractivity contribution in [3.63, 3.8) is 0 Å². The number of allylic oxidation sites excluding steroid dienone is 4. The monoisotopic (exact) mass is 382 g/mol. The molecule has 27 heavy (non-hydrogen) atoms. The van der Waals surface area contributed by atoms with Crippen LogP contribution in [0, 0.1) is 25.2 Å². The van der Waals surface area contributed by atoms with Crippen LogP contribution in [-0.2, 0) is 11.2 Å². The third-order valence-electron chi connectivity index (χ3n) is 5.34. The van der Waals surface area contributed by atoms with Gasteiger partial charge in [0.1, 0.15) is 0 Å². The number of ether oxygens (including phenoxy) is 1. The second-order valence-corrected chi connectivity index (χ2v) is 8.36. The Bertz CT molecular complexity index is 711. The molecular weight excluding hydrogens is 353 g/mol. The molecule has 0 saturated heterocycles. The molecule has 0 saturated carbocycles. The molecule has 0 fully saturated rings. The number of alkyl halides is 3. The minimum absolute atomic E-state index is 0.222. The van der Waals surface area contributed by atoms with Crippen molar-refractivity contribution in [3.8, 4) is 0 Å². The van der Waals surface area contributed by atoms with Gasteiger partial charge >= 0.3 is 6.18 Å². The van der Waals surface area contributed by atoms with E-state index in [0.717, 1.165) is 11.1 Å². The number of rotatable bonds is 6. The van der Waals surface area contributed by atoms with Crippen molar-refractivity contribution >= 4 is 0 Å². The lowest BCUT2D eigenvalue weighted by Crippen LogP contribution is -2.51. The van der Waals surface area contributed by atoms with Crippen LogP contribution in [0.15, 0.2) is 42.2 Å². The Hall–Kier alpha value is -1.75. The summed E-state index contributed by atoms with van der Waals surface area (Å²) in [4.78, 5) is 0. The fraction of sp³-hybridized carbons (Fsp3) is 0.545. The van der Waals surface area contributed by atoms with E-state index in [1.807, 2.05) is 32.1 Å². The van der Waals surface area contributed by atoms with E-state index in [4.69, 9.17) is 4.74 Å². The minimum Gasteiger partial charge on any atom is -0.501 e. The molecule has 0 spiro atoms. The number of aliphatic hydroxyl groups is 1. The summed E-state index contributed by atoms with van der Waals surface area (Å²) in [6.07, 6.45) is 0.537. The fourth-order valence-corrected chi connectivity index (χ4v) is 4.17. The first-order valence-corrected chi connectivity index (χ1v) is 9.15. The number of methoxy groups -OCH3 is 1. The van der Waals surface area contributed by atoms with Gasteiger partial charge in [0.05, 0.1) is 12.9 Å². The Morgan fingerprint density at radius 2 is 1.70 bits per heavy atom. The topological polar surface area (TPSA) is 29.5 Å². The van der Waals surface area contributed by atoms with Gasteiger partial charge in [-0.25, -0.2) is 0 Å². The lowest BCUT2D eigenvalue weighted by Gasteiger charge is -2.42. The summed E-state index contributed by atoms with van der Waals surface area (Å²) in [6.45, 7) is 7.22. The fourth-order valence-electron chi connectivity index (χ4n) is 4.17. The largest absolute Gasteiger partial charge is 0.501 e. The number of benzene rings is 1. The van der Waals surface area contributed by atoms with E-state index < -0.39 is 30.0 Å². The first-order valence-electron chi connectivity index (χ1n) is 9.15. The van der Waals surface area contributed by atoms with E-state index in [1.165, 1.54) is 7.11 Å². The average Bonchev–Trinajstić information content (AvgIpc) is 2.52. The highest BCUT2D eigenvalue weighted by Crippen LogP contribution is 2.48. The highest BCUT2D eigenvalue weighted by atomic mass is 19.4. The maximum absolute atomic E-state index is 14.0. The van der Waals surface area contributed by atoms with Crippen molar-refractivity contribution in [3.05, 3.63) is 58.9 Å². The average molecular weight is 382 g/mol. The number of halogens is 3. The lowest BCUT2D eigenvalue weighted by molar-refractivity contribution is -0.271. The summed E-state index contributed by atoms with van der Waals surface area (Å²) in [5.41, 5.74) is -1.35. The molecule has 1 aromatic carbocycles. The van der Waals surface area contributed by atoms with Crippen LogP contribution in [0.3, 0.4) is 0 Å². The highest BCUT2D eigenvalue weighted by molar-refractivity contribution is 5.30. The molecule has 2 unspecified atom stereocenters. The van der Waals surface area contributed by atoms with E-state index in [2.05, 4.69) is 0 Å². The van der Waals surface area contributed by atoms with Gasteiger partial charge in [-0.2, -0.15) is 13.2 Å². The van der Waals surface area contributed by atoms with Crippen molar-refractivity contribution in [2.45, 2.75) is 58.7 Å². The number of hydrogen-bond donors (Lipinski definition) is 1. The van der Waals surface area contributed by atoms with E-state index in [1.54, 1.807) is 32.1 Å². The second-order valence-electron chi connectivity index (χ2n) is 8.36. The first kappa shape index (κ1) is 21.5. The van der Waals surface area contributed by atoms with Crippen molar-refractivity contribution in [1.82, 2.24) is 0 Å². The summed E-state index contributed by atoms with van der Waals surface area (Å²) >= 11 is 0. The predicted octanol–water partition coefficient (Wildman–Crippen LogP) is 5.66. The zero-order valence-corrected chi connectivity index (χ0v) is 16.7. The molecule has 1 aliphatic carbocycles. The van der Waals surface area contributed by atoms with Crippen LogP contribution in [0.4, 0.5) is 13.2 Å². The van der Waals surface area contributed by atoms with Gasteiger partial charge in [0.2, 0.25) is 0 Å². The molecule has 0 bridgehead atoms. The summed E-state index contributed by atoms with van der Waals surface area (Å²) in [5, 5.41) is 10.8. The molecule has 1 N–H and O–H groups in total. The molecule has 0 radical (unpaired) electrons. The van der Waals surface area contributed by atoms with Crippen molar-refractivity contribution in [1.29, 1.82) is 0 Å². The summed E-state index contributed by atoms with van der Waals surface area (Å²) in [6, 6.07) is 5.32. The number of hydrogen-bond acceptors (Lipinski definition) is 2. The smallest absolute Gasteiger partial charge is 0.417 e. The van der Waals surface area contributed by atoms with Gasteiger partial charge in [-0.15, -0.1) is 0 Å². The SMILES string of the molecule is COC1=CC=CCC1C(C)(C)CC(O)(Cc1cc(C)cc(C)c1)C(F)(F)F. The number of aryl methyl sites for hydroxylation is 2. The normalized spacial score (nSPS) is 20.2. The van der Waals surface area contributed by atoms with Crippen LogP contribution in [-0.4, -0.2) is 24.0 Å². The molecular formula is C22H29F3O2. The zero-order valence-electron chi connectivity index (χ0n) is 16.7. The molecule has 0 amide bonds. The van der Waals surface area contributed by atoms with Crippen molar-refractivity contribution in [2.75, 3.05) is 7.11 Å². The molecule has 150 valence electrons. The maximum Gasteiger partial charge on any atom is 0.417 e. The Balaban J connectivity index is 2.35. The van der Waals surface area contributed by atoms with Gasteiger partial charge in [0.15, 0.2) is 5.60 Å². The van der Waals surface area contributed by atoms with Gasteiger partial charge in [-0.05, 0) is 43.7 Å². The van der Waals surface area contributed by atoms with E-state index >= 15 is 0 Å². The zero-order chi connectivity index (χ0) is 20.5. The molecule has 1 aromatic rings. The Morgan fingerprint density at radius 1 is 1.11 bits per heavy atom. The van der Waals surface area contributed by atoms with Crippen LogP contribution >= 0.6 is 0 Å².